The normalized spacial score (nSPS) is 3.80. The summed E-state index contributed by atoms with van der Waals surface area (Å²) in [6, 6.07) is 0. The van der Waals surface area contributed by atoms with E-state index < -0.39 is 0 Å². The Hall–Kier alpha value is 0.427. The van der Waals surface area contributed by atoms with Crippen molar-refractivity contribution in [3.8, 4) is 0 Å². The molecule has 0 unspecified atom stereocenters. The zero-order valence-corrected chi connectivity index (χ0v) is 3.87. The van der Waals surface area contributed by atoms with E-state index in [0.29, 0.717) is 0 Å². The monoisotopic (exact) mass is 86.0 g/mol. The van der Waals surface area contributed by atoms with Crippen molar-refractivity contribution in [2.75, 3.05) is 0 Å². The van der Waals surface area contributed by atoms with Crippen LogP contribution in [0.1, 0.15) is 0 Å². The molecule has 3 heteroatoms. The van der Waals surface area contributed by atoms with Crippen molar-refractivity contribution in [2.24, 2.45) is 0 Å². The van der Waals surface area contributed by atoms with Crippen LogP contribution in [0.3, 0.4) is 0 Å². The van der Waals surface area contributed by atoms with E-state index in [-0.39, 0.29) is 0 Å². The first kappa shape index (κ1) is 9.06. The van der Waals surface area contributed by atoms with Crippen LogP contribution in [0.2, 0.25) is 0 Å². The molecule has 0 heterocycles. The molecule has 0 aliphatic heterocycles. The topological polar surface area (TPSA) is 20.2 Å². The zero-order chi connectivity index (χ0) is 4.71. The van der Waals surface area contributed by atoms with E-state index in [4.69, 9.17) is 5.11 Å². The van der Waals surface area contributed by atoms with Crippen LogP contribution in [0.15, 0.2) is 12.8 Å². The number of aliphatic hydroxyl groups excluding tert-OH is 1. The summed E-state index contributed by atoms with van der Waals surface area (Å²) in [5.74, 6) is 0. The van der Waals surface area contributed by atoms with E-state index in [1.807, 2.05) is 0 Å². The molecule has 0 radical (unpaired) electrons. The molecule has 1 nitrogen and oxygen atoms in total. The Labute approximate surface area is 44.9 Å². The van der Waals surface area contributed by atoms with E-state index in [9.17, 15) is 0 Å². The molecule has 0 saturated carbocycles. The predicted molar refractivity (Wildman–Crippen MR) is 24.4 cm³/mol. The van der Waals surface area contributed by atoms with Gasteiger partial charge < -0.3 is 5.11 Å². The van der Waals surface area contributed by atoms with Crippen LogP contribution >= 0.6 is 9.80 Å². The van der Waals surface area contributed by atoms with Crippen molar-refractivity contribution in [3.63, 3.8) is 0 Å². The van der Waals surface area contributed by atoms with E-state index in [0.717, 1.165) is 6.26 Å². The summed E-state index contributed by atoms with van der Waals surface area (Å²) in [7, 11) is 4.64. The van der Waals surface area contributed by atoms with Gasteiger partial charge in [-0.15, -0.1) is 0 Å². The second kappa shape index (κ2) is 25.5. The number of hydrogen-bond donors (Lipinski definition) is 1. The van der Waals surface area contributed by atoms with Gasteiger partial charge in [-0.2, -0.15) is 0 Å². The van der Waals surface area contributed by atoms with Gasteiger partial charge in [0.05, 0.1) is 6.26 Å². The maximum absolute atomic E-state index is 7.33. The van der Waals surface area contributed by atoms with Gasteiger partial charge in [-0.3, -0.25) is 0 Å². The number of halogens is 1. The standard InChI is InChI=1S/C2H4O.ClH.Li/c1-2-3;;/h2-3H,1H2;1H;/q;;+1/p-1. The van der Waals surface area contributed by atoms with Crippen molar-refractivity contribution < 1.29 is 5.11 Å². The number of aliphatic hydroxyl groups is 1. The second-order valence-corrected chi connectivity index (χ2v) is 0.183. The van der Waals surface area contributed by atoms with Gasteiger partial charge in [-0.25, -0.2) is 0 Å². The summed E-state index contributed by atoms with van der Waals surface area (Å²) < 4.78 is 0. The van der Waals surface area contributed by atoms with Crippen molar-refractivity contribution in [3.05, 3.63) is 12.8 Å². The molecule has 0 aliphatic rings. The number of rotatable bonds is 0. The van der Waals surface area contributed by atoms with Crippen LogP contribution < -0.4 is 0 Å². The van der Waals surface area contributed by atoms with Crippen LogP contribution in [0, 0.1) is 0 Å². The molecule has 1 N–H and O–H groups in total. The first-order valence-electron chi connectivity index (χ1n) is 1.04. The molecule has 0 aromatic heterocycles. The Morgan fingerprint density at radius 1 is 1.80 bits per heavy atom. The van der Waals surface area contributed by atoms with Gasteiger partial charge in [0, 0.05) is 0 Å². The Morgan fingerprint density at radius 2 is 1.80 bits per heavy atom. The molecule has 0 rings (SSSR count). The van der Waals surface area contributed by atoms with Crippen LogP contribution in [0.5, 0.6) is 0 Å². The van der Waals surface area contributed by atoms with Gasteiger partial charge in [0.2, 0.25) is 0 Å². The average molecular weight is 86.4 g/mol. The Kier molecular flexibility index (Phi) is 46.2. The fourth-order valence-electron chi connectivity index (χ4n) is 0. The van der Waals surface area contributed by atoms with E-state index in [2.05, 4.69) is 16.4 Å². The Bertz CT molecular complexity index is 17.1. The molecule has 0 bridgehead atoms. The molecule has 0 aromatic carbocycles. The summed E-state index contributed by atoms with van der Waals surface area (Å²) in [4.78, 5) is 0. The summed E-state index contributed by atoms with van der Waals surface area (Å²) in [5.41, 5.74) is 0. The summed E-state index contributed by atoms with van der Waals surface area (Å²) in [5, 5.41) is 7.33. The van der Waals surface area contributed by atoms with Crippen LogP contribution in [0.4, 0.5) is 0 Å². The van der Waals surface area contributed by atoms with E-state index in [1.54, 1.807) is 0 Å². The van der Waals surface area contributed by atoms with E-state index >= 15 is 0 Å². The second-order valence-electron chi connectivity index (χ2n) is 0.183. The summed E-state index contributed by atoms with van der Waals surface area (Å²) in [6.07, 6.45) is 0.750. The molecule has 0 amide bonds. The van der Waals surface area contributed by atoms with Gasteiger partial charge in [-0.1, -0.05) is 6.58 Å². The molecule has 0 saturated heterocycles. The first-order valence-corrected chi connectivity index (χ1v) is 1.80. The van der Waals surface area contributed by atoms with E-state index in [1.165, 1.54) is 16.7 Å². The molecule has 0 aromatic rings. The summed E-state index contributed by atoms with van der Waals surface area (Å²) in [6.45, 7) is 2.92. The van der Waals surface area contributed by atoms with Crippen LogP contribution in [-0.2, 0) is 0 Å². The van der Waals surface area contributed by atoms with Crippen molar-refractivity contribution >= 4 is 26.5 Å². The minimum absolute atomic E-state index is 0.750. The van der Waals surface area contributed by atoms with Crippen molar-refractivity contribution in [1.82, 2.24) is 0 Å². The molecule has 0 spiro atoms. The molecular weight excluding hydrogens is 82.4 g/mol. The van der Waals surface area contributed by atoms with Crippen LogP contribution in [-0.4, -0.2) is 21.9 Å². The Balaban J connectivity index is 0. The minimum atomic E-state index is 0.750. The predicted octanol–water partition coefficient (Wildman–Crippen LogP) is 0.997. The SMILES string of the molecule is C=CO.[Li][Cl]. The van der Waals surface area contributed by atoms with Gasteiger partial charge >= 0.3 is 26.5 Å². The fraction of sp³-hybridized carbons (Fsp3) is 0. The maximum atomic E-state index is 7.33. The molecule has 0 fully saturated rings. The molecule has 26 valence electrons. The van der Waals surface area contributed by atoms with Gasteiger partial charge in [0.15, 0.2) is 0 Å². The van der Waals surface area contributed by atoms with Gasteiger partial charge in [0.25, 0.3) is 0 Å². The average Bonchev–Trinajstić information content (AvgIpc) is 1.46. The van der Waals surface area contributed by atoms with Gasteiger partial charge in [0.1, 0.15) is 0 Å². The van der Waals surface area contributed by atoms with Crippen molar-refractivity contribution in [1.29, 1.82) is 0 Å². The summed E-state index contributed by atoms with van der Waals surface area (Å²) >= 11 is 1.47. The fourth-order valence-corrected chi connectivity index (χ4v) is 0. The molecule has 0 atom stereocenters. The van der Waals surface area contributed by atoms with Crippen LogP contribution in [0.25, 0.3) is 0 Å². The molecule has 5 heavy (non-hydrogen) atoms. The van der Waals surface area contributed by atoms with Crippen molar-refractivity contribution in [2.45, 2.75) is 0 Å². The number of hydrogen-bond acceptors (Lipinski definition) is 1. The Morgan fingerprint density at radius 3 is 1.80 bits per heavy atom. The molecular formula is C2H4ClLiO. The molecule has 0 aliphatic carbocycles. The third-order valence-corrected chi connectivity index (χ3v) is 0. The third-order valence-electron chi connectivity index (χ3n) is 0. The van der Waals surface area contributed by atoms with Gasteiger partial charge in [-0.05, 0) is 0 Å². The quantitative estimate of drug-likeness (QED) is 0.344. The first-order chi connectivity index (χ1) is 2.41. The zero-order valence-electron chi connectivity index (χ0n) is 3.11. The third kappa shape index (κ3) is 143.